The van der Waals surface area contributed by atoms with E-state index in [0.29, 0.717) is 22.7 Å². The molecule has 4 nitrogen and oxygen atoms in total. The van der Waals surface area contributed by atoms with Crippen molar-refractivity contribution < 1.29 is 9.15 Å². The van der Waals surface area contributed by atoms with E-state index in [2.05, 4.69) is 4.98 Å². The Morgan fingerprint density at radius 3 is 2.73 bits per heavy atom. The summed E-state index contributed by atoms with van der Waals surface area (Å²) in [5.41, 5.74) is 6.75. The second-order valence-electron chi connectivity index (χ2n) is 4.05. The van der Waals surface area contributed by atoms with Gasteiger partial charge in [0.15, 0.2) is 11.1 Å². The Balaban J connectivity index is 2.65. The number of methoxy groups -OCH3 is 1. The van der Waals surface area contributed by atoms with E-state index in [9.17, 15) is 0 Å². The van der Waals surface area contributed by atoms with Gasteiger partial charge in [-0.05, 0) is 26.0 Å². The number of benzene rings is 1. The molecule has 0 aliphatic rings. The van der Waals surface area contributed by atoms with E-state index < -0.39 is 5.54 Å². The summed E-state index contributed by atoms with van der Waals surface area (Å²) < 4.78 is 10.7. The van der Waals surface area contributed by atoms with Gasteiger partial charge in [-0.15, -0.1) is 0 Å². The SMILES string of the molecule is COc1cccc2oc(C(C)(C)N)nc12. The van der Waals surface area contributed by atoms with Crippen LogP contribution in [0.2, 0.25) is 0 Å². The lowest BCUT2D eigenvalue weighted by atomic mass is 10.1. The first-order chi connectivity index (χ1) is 7.02. The smallest absolute Gasteiger partial charge is 0.215 e. The Labute approximate surface area is 88.0 Å². The van der Waals surface area contributed by atoms with Gasteiger partial charge in [-0.1, -0.05) is 6.07 Å². The first kappa shape index (κ1) is 9.98. The second kappa shape index (κ2) is 3.24. The van der Waals surface area contributed by atoms with Crippen LogP contribution in [0, 0.1) is 0 Å². The number of fused-ring (bicyclic) bond motifs is 1. The average molecular weight is 206 g/mol. The van der Waals surface area contributed by atoms with Crippen LogP contribution in [0.4, 0.5) is 0 Å². The molecule has 0 amide bonds. The minimum Gasteiger partial charge on any atom is -0.494 e. The van der Waals surface area contributed by atoms with Crippen LogP contribution in [-0.4, -0.2) is 12.1 Å². The molecule has 0 saturated heterocycles. The maximum Gasteiger partial charge on any atom is 0.215 e. The van der Waals surface area contributed by atoms with Gasteiger partial charge in [-0.2, -0.15) is 0 Å². The molecule has 15 heavy (non-hydrogen) atoms. The summed E-state index contributed by atoms with van der Waals surface area (Å²) in [7, 11) is 1.61. The predicted molar refractivity (Wildman–Crippen MR) is 57.8 cm³/mol. The molecule has 1 heterocycles. The molecule has 80 valence electrons. The van der Waals surface area contributed by atoms with E-state index >= 15 is 0 Å². The van der Waals surface area contributed by atoms with E-state index in [1.165, 1.54) is 0 Å². The molecule has 0 unspecified atom stereocenters. The van der Waals surface area contributed by atoms with Gasteiger partial charge in [0.05, 0.1) is 12.6 Å². The molecular weight excluding hydrogens is 192 g/mol. The maximum absolute atomic E-state index is 5.92. The summed E-state index contributed by atoms with van der Waals surface area (Å²) in [5, 5.41) is 0. The van der Waals surface area contributed by atoms with Crippen LogP contribution in [-0.2, 0) is 5.54 Å². The molecule has 0 saturated carbocycles. The van der Waals surface area contributed by atoms with Gasteiger partial charge in [0.25, 0.3) is 0 Å². The Morgan fingerprint density at radius 2 is 2.13 bits per heavy atom. The minimum absolute atomic E-state index is 0.516. The fourth-order valence-electron chi connectivity index (χ4n) is 1.36. The van der Waals surface area contributed by atoms with Crippen molar-refractivity contribution >= 4 is 11.1 Å². The number of nitrogens with two attached hydrogens (primary N) is 1. The van der Waals surface area contributed by atoms with Crippen molar-refractivity contribution in [3.63, 3.8) is 0 Å². The second-order valence-corrected chi connectivity index (χ2v) is 4.05. The van der Waals surface area contributed by atoms with Crippen molar-refractivity contribution in [2.45, 2.75) is 19.4 Å². The van der Waals surface area contributed by atoms with Crippen molar-refractivity contribution in [2.24, 2.45) is 5.73 Å². The normalized spacial score (nSPS) is 12.0. The zero-order valence-corrected chi connectivity index (χ0v) is 9.07. The largest absolute Gasteiger partial charge is 0.494 e. The molecule has 0 bridgehead atoms. The first-order valence-electron chi connectivity index (χ1n) is 4.75. The molecule has 0 aliphatic carbocycles. The lowest BCUT2D eigenvalue weighted by Gasteiger charge is -2.11. The molecular formula is C11H14N2O2. The van der Waals surface area contributed by atoms with Gasteiger partial charge in [0, 0.05) is 0 Å². The van der Waals surface area contributed by atoms with Gasteiger partial charge >= 0.3 is 0 Å². The van der Waals surface area contributed by atoms with E-state index in [4.69, 9.17) is 14.9 Å². The third kappa shape index (κ3) is 1.68. The summed E-state index contributed by atoms with van der Waals surface area (Å²) in [5.74, 6) is 1.22. The van der Waals surface area contributed by atoms with E-state index in [-0.39, 0.29) is 0 Å². The number of para-hydroxylation sites is 1. The topological polar surface area (TPSA) is 61.3 Å². The molecule has 1 aromatic heterocycles. The highest BCUT2D eigenvalue weighted by Crippen LogP contribution is 2.28. The highest BCUT2D eigenvalue weighted by atomic mass is 16.5. The number of nitrogens with zero attached hydrogens (tertiary/aromatic N) is 1. The highest BCUT2D eigenvalue weighted by Gasteiger charge is 2.22. The van der Waals surface area contributed by atoms with Crippen LogP contribution in [0.1, 0.15) is 19.7 Å². The molecule has 2 aromatic rings. The van der Waals surface area contributed by atoms with Crippen LogP contribution < -0.4 is 10.5 Å². The number of hydrogen-bond donors (Lipinski definition) is 1. The molecule has 0 radical (unpaired) electrons. The number of hydrogen-bond acceptors (Lipinski definition) is 4. The Hall–Kier alpha value is -1.55. The highest BCUT2D eigenvalue weighted by molar-refractivity contribution is 5.79. The lowest BCUT2D eigenvalue weighted by Crippen LogP contribution is -2.28. The van der Waals surface area contributed by atoms with Gasteiger partial charge in [-0.25, -0.2) is 4.98 Å². The summed E-state index contributed by atoms with van der Waals surface area (Å²) in [6, 6.07) is 5.55. The van der Waals surface area contributed by atoms with Crippen molar-refractivity contribution in [1.82, 2.24) is 4.98 Å². The third-order valence-corrected chi connectivity index (χ3v) is 2.15. The third-order valence-electron chi connectivity index (χ3n) is 2.15. The summed E-state index contributed by atoms with van der Waals surface area (Å²) in [6.07, 6.45) is 0. The van der Waals surface area contributed by atoms with E-state index in [0.717, 1.165) is 0 Å². The fraction of sp³-hybridized carbons (Fsp3) is 0.364. The van der Waals surface area contributed by atoms with Gasteiger partial charge in [0.2, 0.25) is 5.89 Å². The standard InChI is InChI=1S/C11H14N2O2/c1-11(2,12)10-13-9-7(14-3)5-4-6-8(9)15-10/h4-6H,12H2,1-3H3. The molecule has 4 heteroatoms. The summed E-state index contributed by atoms with van der Waals surface area (Å²) in [6.45, 7) is 3.70. The summed E-state index contributed by atoms with van der Waals surface area (Å²) >= 11 is 0. The van der Waals surface area contributed by atoms with Crippen LogP contribution in [0.25, 0.3) is 11.1 Å². The van der Waals surface area contributed by atoms with Gasteiger partial charge < -0.3 is 14.9 Å². The zero-order valence-electron chi connectivity index (χ0n) is 9.07. The van der Waals surface area contributed by atoms with Crippen LogP contribution >= 0.6 is 0 Å². The molecule has 1 aromatic carbocycles. The number of aromatic nitrogens is 1. The number of oxazole rings is 1. The Kier molecular flexibility index (Phi) is 2.16. The van der Waals surface area contributed by atoms with Crippen molar-refractivity contribution in [3.8, 4) is 5.75 Å². The summed E-state index contributed by atoms with van der Waals surface area (Å²) in [4.78, 5) is 4.34. The molecule has 2 rings (SSSR count). The minimum atomic E-state index is -0.579. The molecule has 0 spiro atoms. The molecule has 0 aliphatic heterocycles. The van der Waals surface area contributed by atoms with Crippen LogP contribution in [0.5, 0.6) is 5.75 Å². The van der Waals surface area contributed by atoms with Crippen molar-refractivity contribution in [1.29, 1.82) is 0 Å². The van der Waals surface area contributed by atoms with E-state index in [1.54, 1.807) is 7.11 Å². The Morgan fingerprint density at radius 1 is 1.40 bits per heavy atom. The monoisotopic (exact) mass is 206 g/mol. The van der Waals surface area contributed by atoms with Crippen LogP contribution in [0.15, 0.2) is 22.6 Å². The number of ether oxygens (including phenoxy) is 1. The van der Waals surface area contributed by atoms with Gasteiger partial charge in [0.1, 0.15) is 5.75 Å². The average Bonchev–Trinajstić information content (AvgIpc) is 2.59. The van der Waals surface area contributed by atoms with Crippen molar-refractivity contribution in [2.75, 3.05) is 7.11 Å². The molecule has 0 atom stereocenters. The molecule has 2 N–H and O–H groups in total. The number of rotatable bonds is 2. The lowest BCUT2D eigenvalue weighted by molar-refractivity contribution is 0.394. The quantitative estimate of drug-likeness (QED) is 0.816. The first-order valence-corrected chi connectivity index (χ1v) is 4.75. The fourth-order valence-corrected chi connectivity index (χ4v) is 1.36. The van der Waals surface area contributed by atoms with Crippen LogP contribution in [0.3, 0.4) is 0 Å². The van der Waals surface area contributed by atoms with Crippen molar-refractivity contribution in [3.05, 3.63) is 24.1 Å². The molecule has 0 fully saturated rings. The zero-order chi connectivity index (χ0) is 11.1. The van der Waals surface area contributed by atoms with E-state index in [1.807, 2.05) is 32.0 Å². The van der Waals surface area contributed by atoms with Gasteiger partial charge in [-0.3, -0.25) is 0 Å². The Bertz CT molecular complexity index is 483. The maximum atomic E-state index is 5.92. The predicted octanol–water partition coefficient (Wildman–Crippen LogP) is 2.03.